The molecule has 3 heterocycles. The number of hydrogen-bond acceptors (Lipinski definition) is 6. The van der Waals surface area contributed by atoms with Gasteiger partial charge in [0.2, 0.25) is 5.91 Å². The van der Waals surface area contributed by atoms with Gasteiger partial charge in [0.25, 0.3) is 5.91 Å². The molecule has 7 nitrogen and oxygen atoms in total. The lowest BCUT2D eigenvalue weighted by Crippen LogP contribution is -2.49. The lowest BCUT2D eigenvalue weighted by molar-refractivity contribution is -0.137. The summed E-state index contributed by atoms with van der Waals surface area (Å²) in [6.45, 7) is 1.01. The van der Waals surface area contributed by atoms with Gasteiger partial charge in [0.1, 0.15) is 11.6 Å². The van der Waals surface area contributed by atoms with Crippen LogP contribution in [0.15, 0.2) is 36.5 Å². The molecule has 33 heavy (non-hydrogen) atoms. The SMILES string of the molecule is COc1cccc(N2C(=O)C[C@H](NC3CCN(c4ncc(C(F)(F)F)cc4Cl)CC3)C2=O)c1. The highest BCUT2D eigenvalue weighted by molar-refractivity contribution is 6.33. The molecular weight excluding hydrogens is 461 g/mol. The number of imide groups is 1. The molecule has 0 radical (unpaired) electrons. The lowest BCUT2D eigenvalue weighted by atomic mass is 10.0. The molecule has 2 aromatic rings. The molecule has 1 aromatic carbocycles. The van der Waals surface area contributed by atoms with E-state index in [2.05, 4.69) is 10.3 Å². The van der Waals surface area contributed by atoms with Crippen LogP contribution < -0.4 is 19.9 Å². The van der Waals surface area contributed by atoms with Gasteiger partial charge in [0, 0.05) is 31.4 Å². The highest BCUT2D eigenvalue weighted by Gasteiger charge is 2.41. The van der Waals surface area contributed by atoms with Crippen molar-refractivity contribution in [3.8, 4) is 5.75 Å². The van der Waals surface area contributed by atoms with Crippen molar-refractivity contribution in [2.24, 2.45) is 0 Å². The summed E-state index contributed by atoms with van der Waals surface area (Å²) in [5.74, 6) is 0.249. The Balaban J connectivity index is 1.36. The smallest absolute Gasteiger partial charge is 0.417 e. The first kappa shape index (κ1) is 23.3. The van der Waals surface area contributed by atoms with Gasteiger partial charge in [-0.15, -0.1) is 0 Å². The van der Waals surface area contributed by atoms with Crippen molar-refractivity contribution < 1.29 is 27.5 Å². The molecule has 176 valence electrons. The molecule has 0 aliphatic carbocycles. The van der Waals surface area contributed by atoms with Gasteiger partial charge >= 0.3 is 6.18 Å². The molecule has 2 aliphatic heterocycles. The van der Waals surface area contributed by atoms with Gasteiger partial charge in [-0.1, -0.05) is 17.7 Å². The molecule has 11 heteroatoms. The summed E-state index contributed by atoms with van der Waals surface area (Å²) in [5.41, 5.74) is -0.427. The first-order chi connectivity index (χ1) is 15.7. The minimum Gasteiger partial charge on any atom is -0.497 e. The maximum atomic E-state index is 12.9. The number of rotatable bonds is 5. The molecule has 2 amide bonds. The Labute approximate surface area is 193 Å². The van der Waals surface area contributed by atoms with E-state index in [1.165, 1.54) is 12.0 Å². The first-order valence-corrected chi connectivity index (χ1v) is 10.8. The van der Waals surface area contributed by atoms with E-state index in [1.54, 1.807) is 24.3 Å². The molecule has 0 saturated carbocycles. The number of ether oxygens (including phenoxy) is 1. The number of benzene rings is 1. The average Bonchev–Trinajstić information content (AvgIpc) is 3.06. The van der Waals surface area contributed by atoms with E-state index in [4.69, 9.17) is 16.3 Å². The van der Waals surface area contributed by atoms with Crippen molar-refractivity contribution >= 4 is 34.9 Å². The van der Waals surface area contributed by atoms with Crippen molar-refractivity contribution in [1.82, 2.24) is 10.3 Å². The summed E-state index contributed by atoms with van der Waals surface area (Å²) in [4.78, 5) is 32.3. The van der Waals surface area contributed by atoms with Gasteiger partial charge in [-0.2, -0.15) is 13.2 Å². The standard InChI is InChI=1S/C22H22ClF3N4O3/c1-33-16-4-2-3-15(10-16)30-19(31)11-18(21(30)32)28-14-5-7-29(8-6-14)20-17(23)9-13(12-27-20)22(24,25)26/h2-4,9-10,12,14,18,28H,5-8,11H2,1H3/t18-/m0/s1. The van der Waals surface area contributed by atoms with E-state index in [1.807, 2.05) is 4.90 Å². The monoisotopic (exact) mass is 482 g/mol. The minimum absolute atomic E-state index is 0.0264. The van der Waals surface area contributed by atoms with Crippen LogP contribution in [0.5, 0.6) is 5.75 Å². The Morgan fingerprint density at radius 1 is 1.18 bits per heavy atom. The Kier molecular flexibility index (Phi) is 6.49. The van der Waals surface area contributed by atoms with Crippen LogP contribution >= 0.6 is 11.6 Å². The van der Waals surface area contributed by atoms with Crippen LogP contribution in [0, 0.1) is 0 Å². The number of carbonyl (C=O) groups is 2. The number of alkyl halides is 3. The fourth-order valence-corrected chi connectivity index (χ4v) is 4.43. The predicted octanol–water partition coefficient (Wildman–Crippen LogP) is 3.65. The van der Waals surface area contributed by atoms with Gasteiger partial charge in [-0.05, 0) is 31.0 Å². The number of anilines is 2. The number of nitrogens with zero attached hydrogens (tertiary/aromatic N) is 3. The van der Waals surface area contributed by atoms with Crippen molar-refractivity contribution in [3.05, 3.63) is 47.1 Å². The zero-order chi connectivity index (χ0) is 23.8. The summed E-state index contributed by atoms with van der Waals surface area (Å²) < 4.78 is 43.7. The van der Waals surface area contributed by atoms with E-state index in [0.29, 0.717) is 43.2 Å². The highest BCUT2D eigenvalue weighted by atomic mass is 35.5. The number of aromatic nitrogens is 1. The fourth-order valence-electron chi connectivity index (χ4n) is 4.14. The van der Waals surface area contributed by atoms with E-state index in [0.717, 1.165) is 12.3 Å². The second-order valence-electron chi connectivity index (χ2n) is 7.98. The number of hydrogen-bond donors (Lipinski definition) is 1. The quantitative estimate of drug-likeness (QED) is 0.656. The van der Waals surface area contributed by atoms with Crippen molar-refractivity contribution in [2.75, 3.05) is 30.0 Å². The molecule has 0 bridgehead atoms. The summed E-state index contributed by atoms with van der Waals surface area (Å²) in [6, 6.07) is 6.98. The van der Waals surface area contributed by atoms with Gasteiger partial charge < -0.3 is 15.0 Å². The number of nitrogens with one attached hydrogen (secondary N) is 1. The number of amides is 2. The largest absolute Gasteiger partial charge is 0.497 e. The van der Waals surface area contributed by atoms with Crippen molar-refractivity contribution in [2.45, 2.75) is 37.5 Å². The normalized spacial score (nSPS) is 20.0. The molecular formula is C22H22ClF3N4O3. The maximum absolute atomic E-state index is 12.9. The van der Waals surface area contributed by atoms with Crippen LogP contribution in [0.1, 0.15) is 24.8 Å². The van der Waals surface area contributed by atoms with Crippen LogP contribution in [-0.4, -0.2) is 49.1 Å². The van der Waals surface area contributed by atoms with Gasteiger partial charge in [0.15, 0.2) is 0 Å². The third kappa shape index (κ3) is 4.91. The predicted molar refractivity (Wildman–Crippen MR) is 117 cm³/mol. The molecule has 2 saturated heterocycles. The topological polar surface area (TPSA) is 74.8 Å². The van der Waals surface area contributed by atoms with E-state index in [9.17, 15) is 22.8 Å². The zero-order valence-electron chi connectivity index (χ0n) is 17.7. The Bertz CT molecular complexity index is 1060. The average molecular weight is 483 g/mol. The second kappa shape index (κ2) is 9.18. The van der Waals surface area contributed by atoms with Crippen molar-refractivity contribution in [3.63, 3.8) is 0 Å². The molecule has 0 spiro atoms. The van der Waals surface area contributed by atoms with Crippen LogP contribution in [-0.2, 0) is 15.8 Å². The molecule has 2 fully saturated rings. The lowest BCUT2D eigenvalue weighted by Gasteiger charge is -2.34. The molecule has 1 N–H and O–H groups in total. The third-order valence-corrected chi connectivity index (χ3v) is 6.12. The number of carbonyl (C=O) groups excluding carboxylic acids is 2. The maximum Gasteiger partial charge on any atom is 0.417 e. The Morgan fingerprint density at radius 3 is 2.55 bits per heavy atom. The number of methoxy groups -OCH3 is 1. The molecule has 1 aromatic heterocycles. The zero-order valence-corrected chi connectivity index (χ0v) is 18.5. The Hall–Kier alpha value is -2.85. The van der Waals surface area contributed by atoms with Gasteiger partial charge in [-0.3, -0.25) is 9.59 Å². The third-order valence-electron chi connectivity index (χ3n) is 5.84. The van der Waals surface area contributed by atoms with E-state index < -0.39 is 17.8 Å². The fraction of sp³-hybridized carbons (Fsp3) is 0.409. The van der Waals surface area contributed by atoms with Gasteiger partial charge in [-0.25, -0.2) is 9.88 Å². The Morgan fingerprint density at radius 2 is 1.91 bits per heavy atom. The van der Waals surface area contributed by atoms with Crippen LogP contribution in [0.2, 0.25) is 5.02 Å². The van der Waals surface area contributed by atoms with E-state index >= 15 is 0 Å². The summed E-state index contributed by atoms with van der Waals surface area (Å²) in [7, 11) is 1.51. The molecule has 2 aliphatic rings. The summed E-state index contributed by atoms with van der Waals surface area (Å²) >= 11 is 6.06. The molecule has 0 unspecified atom stereocenters. The van der Waals surface area contributed by atoms with Gasteiger partial charge in [0.05, 0.1) is 35.8 Å². The number of halogens is 4. The van der Waals surface area contributed by atoms with Crippen molar-refractivity contribution in [1.29, 1.82) is 0 Å². The second-order valence-corrected chi connectivity index (χ2v) is 8.39. The summed E-state index contributed by atoms with van der Waals surface area (Å²) in [6.07, 6.45) is -2.42. The number of pyridine rings is 1. The first-order valence-electron chi connectivity index (χ1n) is 10.4. The number of piperidine rings is 1. The van der Waals surface area contributed by atoms with Crippen LogP contribution in [0.4, 0.5) is 24.7 Å². The molecule has 4 rings (SSSR count). The van der Waals surface area contributed by atoms with Crippen LogP contribution in [0.25, 0.3) is 0 Å². The highest BCUT2D eigenvalue weighted by Crippen LogP contribution is 2.34. The minimum atomic E-state index is -4.50. The van der Waals surface area contributed by atoms with E-state index in [-0.39, 0.29) is 29.3 Å². The molecule has 1 atom stereocenters. The summed E-state index contributed by atoms with van der Waals surface area (Å²) in [5, 5.41) is 3.22. The van der Waals surface area contributed by atoms with Crippen LogP contribution in [0.3, 0.4) is 0 Å².